The summed E-state index contributed by atoms with van der Waals surface area (Å²) < 4.78 is 7.75. The highest BCUT2D eigenvalue weighted by molar-refractivity contribution is 5.81. The smallest absolute Gasteiger partial charge is 0.141 e. The zero-order valence-electron chi connectivity index (χ0n) is 20.3. The summed E-state index contributed by atoms with van der Waals surface area (Å²) in [6.45, 7) is 6.33. The van der Waals surface area contributed by atoms with E-state index < -0.39 is 0 Å². The number of nitrogens with one attached hydrogen (secondary N) is 1. The Balaban J connectivity index is 1.50. The Morgan fingerprint density at radius 3 is 2.68 bits per heavy atom. The van der Waals surface area contributed by atoms with Crippen LogP contribution in [0.4, 0.5) is 5.82 Å². The lowest BCUT2D eigenvalue weighted by Crippen LogP contribution is -2.45. The van der Waals surface area contributed by atoms with E-state index in [1.807, 2.05) is 12.1 Å². The van der Waals surface area contributed by atoms with Gasteiger partial charge in [0.25, 0.3) is 0 Å². The van der Waals surface area contributed by atoms with E-state index in [4.69, 9.17) is 9.72 Å². The van der Waals surface area contributed by atoms with Gasteiger partial charge in [-0.2, -0.15) is 0 Å². The number of hydrogen-bond acceptors (Lipinski definition) is 7. The summed E-state index contributed by atoms with van der Waals surface area (Å²) in [5.41, 5.74) is 3.95. The number of anilines is 1. The van der Waals surface area contributed by atoms with Crippen molar-refractivity contribution in [3.8, 4) is 5.75 Å². The van der Waals surface area contributed by atoms with Gasteiger partial charge in [0.2, 0.25) is 0 Å². The number of fused-ring (bicyclic) bond motifs is 1. The van der Waals surface area contributed by atoms with Gasteiger partial charge in [-0.1, -0.05) is 19.4 Å². The van der Waals surface area contributed by atoms with Gasteiger partial charge in [-0.3, -0.25) is 19.5 Å². The van der Waals surface area contributed by atoms with Gasteiger partial charge in [0.05, 0.1) is 30.6 Å². The van der Waals surface area contributed by atoms with Crippen LogP contribution < -0.4 is 15.0 Å². The molecule has 0 bridgehead atoms. The van der Waals surface area contributed by atoms with Crippen LogP contribution in [-0.4, -0.2) is 65.4 Å². The first-order valence-electron chi connectivity index (χ1n) is 12.3. The zero-order valence-corrected chi connectivity index (χ0v) is 20.3. The largest absolute Gasteiger partial charge is 0.495 e. The van der Waals surface area contributed by atoms with E-state index in [0.29, 0.717) is 18.6 Å². The Morgan fingerprint density at radius 2 is 1.91 bits per heavy atom. The summed E-state index contributed by atoms with van der Waals surface area (Å²) in [4.78, 5) is 27.1. The fraction of sp³-hybridized carbons (Fsp3) is 0.500. The van der Waals surface area contributed by atoms with Crippen molar-refractivity contribution in [2.24, 2.45) is 0 Å². The van der Waals surface area contributed by atoms with Crippen molar-refractivity contribution in [3.63, 3.8) is 0 Å². The molecule has 2 aliphatic heterocycles. The van der Waals surface area contributed by atoms with E-state index >= 15 is 0 Å². The van der Waals surface area contributed by atoms with Gasteiger partial charge < -0.3 is 14.5 Å². The molecule has 2 fully saturated rings. The maximum atomic E-state index is 12.8. The highest BCUT2D eigenvalue weighted by Gasteiger charge is 2.32. The topological polar surface area (TPSA) is 75.0 Å². The van der Waals surface area contributed by atoms with Gasteiger partial charge in [-0.25, -0.2) is 4.98 Å². The fourth-order valence-corrected chi connectivity index (χ4v) is 5.21. The monoisotopic (exact) mass is 462 g/mol. The standard InChI is InChI=1S/C26H34N6O2/c1-4-6-18-8-9-24-29-22(17-32(24)26(18)31-13-11-30(2)12-14-31)20-15-19(33)16-21(28-20)25-23(34-3)7-5-10-27-25/h5,7-10,17,20-21,28H,4,6,11-16H2,1-3H3. The first-order valence-corrected chi connectivity index (χ1v) is 12.3. The van der Waals surface area contributed by atoms with E-state index in [1.165, 1.54) is 11.4 Å². The number of ketones is 1. The van der Waals surface area contributed by atoms with E-state index in [1.54, 1.807) is 13.3 Å². The number of ether oxygens (including phenoxy) is 1. The molecule has 0 amide bonds. The van der Waals surface area contributed by atoms with Gasteiger partial charge in [0.15, 0.2) is 0 Å². The van der Waals surface area contributed by atoms with Crippen LogP contribution >= 0.6 is 0 Å². The first-order chi connectivity index (χ1) is 16.6. The number of imidazole rings is 1. The van der Waals surface area contributed by atoms with E-state index in [0.717, 1.165) is 56.1 Å². The number of carbonyl (C=O) groups excluding carboxylic acids is 1. The molecule has 0 aromatic carbocycles. The van der Waals surface area contributed by atoms with Crippen LogP contribution in [0.5, 0.6) is 5.75 Å². The number of aromatic nitrogens is 3. The molecular formula is C26H34N6O2. The van der Waals surface area contributed by atoms with Crippen LogP contribution in [0, 0.1) is 0 Å². The Labute approximate surface area is 200 Å². The number of piperazine rings is 1. The molecule has 2 saturated heterocycles. The summed E-state index contributed by atoms with van der Waals surface area (Å²) >= 11 is 0. The molecule has 5 heterocycles. The van der Waals surface area contributed by atoms with Crippen molar-refractivity contribution < 1.29 is 9.53 Å². The van der Waals surface area contributed by atoms with Crippen molar-refractivity contribution in [3.05, 3.63) is 53.6 Å². The van der Waals surface area contributed by atoms with E-state index in [9.17, 15) is 4.79 Å². The summed E-state index contributed by atoms with van der Waals surface area (Å²) in [7, 11) is 3.82. The average Bonchev–Trinajstić information content (AvgIpc) is 3.29. The lowest BCUT2D eigenvalue weighted by Gasteiger charge is -2.35. The molecule has 3 aromatic heterocycles. The molecule has 0 saturated carbocycles. The van der Waals surface area contributed by atoms with Gasteiger partial charge >= 0.3 is 0 Å². The quantitative estimate of drug-likeness (QED) is 0.603. The lowest BCUT2D eigenvalue weighted by atomic mass is 9.93. The minimum atomic E-state index is -0.194. The SMILES string of the molecule is CCCc1ccc2nc(C3CC(=O)CC(c4ncccc4OC)N3)cn2c1N1CCN(C)CC1. The number of Topliss-reactive ketones (excluding diaryl/α,β-unsaturated/α-hetero) is 1. The number of rotatable bonds is 6. The van der Waals surface area contributed by atoms with Gasteiger partial charge in [0, 0.05) is 51.4 Å². The molecular weight excluding hydrogens is 428 g/mol. The van der Waals surface area contributed by atoms with E-state index in [2.05, 4.69) is 56.8 Å². The highest BCUT2D eigenvalue weighted by atomic mass is 16.5. The average molecular weight is 463 g/mol. The number of nitrogens with zero attached hydrogens (tertiary/aromatic N) is 5. The Morgan fingerprint density at radius 1 is 1.12 bits per heavy atom. The summed E-state index contributed by atoms with van der Waals surface area (Å²) in [5.74, 6) is 2.16. The molecule has 1 N–H and O–H groups in total. The third-order valence-electron chi connectivity index (χ3n) is 7.00. The number of carbonyl (C=O) groups is 1. The molecule has 0 radical (unpaired) electrons. The Bertz CT molecular complexity index is 1170. The van der Waals surface area contributed by atoms with Crippen LogP contribution in [0.1, 0.15) is 55.2 Å². The predicted octanol–water partition coefficient (Wildman–Crippen LogP) is 3.18. The van der Waals surface area contributed by atoms with Crippen LogP contribution in [0.3, 0.4) is 0 Å². The molecule has 34 heavy (non-hydrogen) atoms. The van der Waals surface area contributed by atoms with Crippen LogP contribution in [-0.2, 0) is 11.2 Å². The van der Waals surface area contributed by atoms with Crippen molar-refractivity contribution >= 4 is 17.2 Å². The number of aryl methyl sites for hydroxylation is 1. The maximum absolute atomic E-state index is 12.8. The minimum Gasteiger partial charge on any atom is -0.495 e. The summed E-state index contributed by atoms with van der Waals surface area (Å²) in [6.07, 6.45) is 6.85. The molecule has 0 aliphatic carbocycles. The highest BCUT2D eigenvalue weighted by Crippen LogP contribution is 2.34. The van der Waals surface area contributed by atoms with Crippen LogP contribution in [0.25, 0.3) is 5.65 Å². The molecule has 180 valence electrons. The maximum Gasteiger partial charge on any atom is 0.141 e. The third-order valence-corrected chi connectivity index (χ3v) is 7.00. The van der Waals surface area contributed by atoms with Crippen molar-refractivity contribution in [2.75, 3.05) is 45.2 Å². The third kappa shape index (κ3) is 4.40. The lowest BCUT2D eigenvalue weighted by molar-refractivity contribution is -0.121. The second-order valence-electron chi connectivity index (χ2n) is 9.43. The van der Waals surface area contributed by atoms with Gasteiger partial charge in [-0.15, -0.1) is 0 Å². The molecule has 8 heteroatoms. The molecule has 5 rings (SSSR count). The van der Waals surface area contributed by atoms with Gasteiger partial charge in [0.1, 0.15) is 23.0 Å². The molecule has 2 aliphatic rings. The van der Waals surface area contributed by atoms with Crippen molar-refractivity contribution in [2.45, 2.75) is 44.7 Å². The molecule has 3 aromatic rings. The molecule has 2 unspecified atom stereocenters. The number of likely N-dealkylation sites (N-methyl/N-ethyl adjacent to an activating group) is 1. The second kappa shape index (κ2) is 9.72. The van der Waals surface area contributed by atoms with Gasteiger partial charge in [-0.05, 0) is 37.2 Å². The van der Waals surface area contributed by atoms with Crippen molar-refractivity contribution in [1.82, 2.24) is 24.6 Å². The van der Waals surface area contributed by atoms with Crippen LogP contribution in [0.2, 0.25) is 0 Å². The minimum absolute atomic E-state index is 0.159. The summed E-state index contributed by atoms with van der Waals surface area (Å²) in [5, 5.41) is 3.64. The predicted molar refractivity (Wildman–Crippen MR) is 133 cm³/mol. The van der Waals surface area contributed by atoms with E-state index in [-0.39, 0.29) is 17.9 Å². The van der Waals surface area contributed by atoms with Crippen molar-refractivity contribution in [1.29, 1.82) is 0 Å². The Kier molecular flexibility index (Phi) is 6.52. The molecule has 0 spiro atoms. The normalized spacial score (nSPS) is 21.9. The first kappa shape index (κ1) is 22.8. The number of pyridine rings is 2. The van der Waals surface area contributed by atoms with Crippen LogP contribution in [0.15, 0.2) is 36.7 Å². The zero-order chi connectivity index (χ0) is 23.7. The number of piperidine rings is 1. The number of methoxy groups -OCH3 is 1. The molecule has 2 atom stereocenters. The fourth-order valence-electron chi connectivity index (χ4n) is 5.21. The Hall–Kier alpha value is -2.97. The second-order valence-corrected chi connectivity index (χ2v) is 9.43. The number of hydrogen-bond donors (Lipinski definition) is 1. The molecule has 8 nitrogen and oxygen atoms in total. The summed E-state index contributed by atoms with van der Waals surface area (Å²) in [6, 6.07) is 7.72.